The second-order valence-corrected chi connectivity index (χ2v) is 10.1. The number of para-hydroxylation sites is 1. The molecule has 192 valence electrons. The van der Waals surface area contributed by atoms with Gasteiger partial charge in [0, 0.05) is 18.7 Å². The Morgan fingerprint density at radius 2 is 1.92 bits per heavy atom. The smallest absolute Gasteiger partial charge is 0.318 e. The molecule has 0 unspecified atom stereocenters. The normalized spacial score (nSPS) is 15.6. The number of urea groups is 1. The number of halogens is 1. The van der Waals surface area contributed by atoms with E-state index < -0.39 is 0 Å². The van der Waals surface area contributed by atoms with Crippen molar-refractivity contribution in [2.75, 3.05) is 13.2 Å². The second-order valence-electron chi connectivity index (χ2n) is 10.1. The molecule has 0 spiro atoms. The fraction of sp³-hybridized carbons (Fsp3) is 0.429. The third kappa shape index (κ3) is 6.43. The van der Waals surface area contributed by atoms with E-state index in [9.17, 15) is 9.18 Å². The number of nitrogens with one attached hydrogen (secondary N) is 1. The second kappa shape index (κ2) is 11.1. The SMILES string of the molecule is CCc1nn(-c2ccccc2)c(Oc2ccc(F)cc2)c1CN(C[C@@H]1CCCO1)C(=O)NC(C)(C)C. The van der Waals surface area contributed by atoms with E-state index in [4.69, 9.17) is 14.6 Å². The van der Waals surface area contributed by atoms with Crippen molar-refractivity contribution in [1.29, 1.82) is 0 Å². The lowest BCUT2D eigenvalue weighted by Gasteiger charge is -2.30. The Kier molecular flexibility index (Phi) is 7.94. The lowest BCUT2D eigenvalue weighted by atomic mass is 10.1. The maximum absolute atomic E-state index is 13.6. The Bertz CT molecular complexity index is 1150. The van der Waals surface area contributed by atoms with Gasteiger partial charge in [0.05, 0.1) is 29.6 Å². The van der Waals surface area contributed by atoms with E-state index in [0.717, 1.165) is 29.8 Å². The summed E-state index contributed by atoms with van der Waals surface area (Å²) in [6.07, 6.45) is 2.56. The minimum atomic E-state index is -0.388. The van der Waals surface area contributed by atoms with E-state index in [1.807, 2.05) is 58.0 Å². The first-order valence-electron chi connectivity index (χ1n) is 12.5. The van der Waals surface area contributed by atoms with Crippen molar-refractivity contribution in [3.8, 4) is 17.3 Å². The van der Waals surface area contributed by atoms with Gasteiger partial charge in [-0.2, -0.15) is 5.10 Å². The average molecular weight is 495 g/mol. The molecule has 1 aromatic heterocycles. The summed E-state index contributed by atoms with van der Waals surface area (Å²) in [7, 11) is 0. The van der Waals surface area contributed by atoms with Crippen LogP contribution in [0.1, 0.15) is 51.8 Å². The van der Waals surface area contributed by atoms with Gasteiger partial charge in [-0.15, -0.1) is 0 Å². The van der Waals surface area contributed by atoms with Crippen LogP contribution >= 0.6 is 0 Å². The van der Waals surface area contributed by atoms with E-state index in [-0.39, 0.29) is 23.5 Å². The molecule has 0 bridgehead atoms. The average Bonchev–Trinajstić information content (AvgIpc) is 3.48. The Balaban J connectivity index is 1.75. The molecule has 3 aromatic rings. The summed E-state index contributed by atoms with van der Waals surface area (Å²) < 4.78 is 27.5. The van der Waals surface area contributed by atoms with Crippen LogP contribution < -0.4 is 10.1 Å². The van der Waals surface area contributed by atoms with Crippen molar-refractivity contribution in [1.82, 2.24) is 20.0 Å². The van der Waals surface area contributed by atoms with E-state index in [2.05, 4.69) is 5.32 Å². The Hall–Kier alpha value is -3.39. The monoisotopic (exact) mass is 494 g/mol. The van der Waals surface area contributed by atoms with E-state index in [1.54, 1.807) is 21.7 Å². The Morgan fingerprint density at radius 3 is 2.53 bits per heavy atom. The number of hydrogen-bond donors (Lipinski definition) is 1. The number of ether oxygens (including phenoxy) is 2. The summed E-state index contributed by atoms with van der Waals surface area (Å²) in [5, 5.41) is 7.95. The molecule has 1 atom stereocenters. The van der Waals surface area contributed by atoms with Gasteiger partial charge in [-0.3, -0.25) is 0 Å². The number of aromatic nitrogens is 2. The summed E-state index contributed by atoms with van der Waals surface area (Å²) in [6.45, 7) is 9.40. The maximum Gasteiger partial charge on any atom is 0.318 e. The van der Waals surface area contributed by atoms with Crippen LogP contribution in [0.3, 0.4) is 0 Å². The van der Waals surface area contributed by atoms with E-state index >= 15 is 0 Å². The minimum Gasteiger partial charge on any atom is -0.439 e. The highest BCUT2D eigenvalue weighted by Gasteiger charge is 2.29. The van der Waals surface area contributed by atoms with Gasteiger partial charge in [0.15, 0.2) is 0 Å². The molecular weight excluding hydrogens is 459 g/mol. The highest BCUT2D eigenvalue weighted by molar-refractivity contribution is 5.75. The summed E-state index contributed by atoms with van der Waals surface area (Å²) in [4.78, 5) is 15.2. The molecule has 36 heavy (non-hydrogen) atoms. The number of aryl methyl sites for hydroxylation is 1. The lowest BCUT2D eigenvalue weighted by molar-refractivity contribution is 0.0779. The molecule has 1 fully saturated rings. The molecule has 1 N–H and O–H groups in total. The molecular formula is C28H35FN4O3. The zero-order chi connectivity index (χ0) is 25.7. The fourth-order valence-electron chi connectivity index (χ4n) is 4.23. The van der Waals surface area contributed by atoms with Crippen LogP contribution in [0.5, 0.6) is 11.6 Å². The summed E-state index contributed by atoms with van der Waals surface area (Å²) in [5.74, 6) is 0.655. The van der Waals surface area contributed by atoms with Crippen molar-refractivity contribution < 1.29 is 18.7 Å². The van der Waals surface area contributed by atoms with Gasteiger partial charge in [0.25, 0.3) is 0 Å². The van der Waals surface area contributed by atoms with Crippen LogP contribution in [0, 0.1) is 5.82 Å². The van der Waals surface area contributed by atoms with Crippen molar-refractivity contribution in [3.05, 3.63) is 71.7 Å². The Labute approximate surface area is 212 Å². The van der Waals surface area contributed by atoms with E-state index in [1.165, 1.54) is 12.1 Å². The van der Waals surface area contributed by atoms with Gasteiger partial charge >= 0.3 is 6.03 Å². The van der Waals surface area contributed by atoms with Crippen LogP contribution in [-0.4, -0.2) is 45.5 Å². The summed E-state index contributed by atoms with van der Waals surface area (Å²) in [5.41, 5.74) is 2.09. The van der Waals surface area contributed by atoms with Gasteiger partial charge in [-0.25, -0.2) is 13.9 Å². The molecule has 2 aromatic carbocycles. The summed E-state index contributed by atoms with van der Waals surface area (Å²) in [6, 6.07) is 15.4. The van der Waals surface area contributed by atoms with Gasteiger partial charge in [0.2, 0.25) is 5.88 Å². The first kappa shape index (κ1) is 25.7. The van der Waals surface area contributed by atoms with E-state index in [0.29, 0.717) is 37.7 Å². The highest BCUT2D eigenvalue weighted by atomic mass is 19.1. The van der Waals surface area contributed by atoms with Crippen molar-refractivity contribution in [2.24, 2.45) is 0 Å². The van der Waals surface area contributed by atoms with Gasteiger partial charge in [-0.1, -0.05) is 25.1 Å². The zero-order valence-electron chi connectivity index (χ0n) is 21.5. The maximum atomic E-state index is 13.6. The topological polar surface area (TPSA) is 68.6 Å². The molecule has 0 radical (unpaired) electrons. The predicted octanol–water partition coefficient (Wildman–Crippen LogP) is 5.86. The number of hydrogen-bond acceptors (Lipinski definition) is 4. The number of nitrogens with zero attached hydrogens (tertiary/aromatic N) is 3. The molecule has 1 saturated heterocycles. The number of carbonyl (C=O) groups is 1. The highest BCUT2D eigenvalue weighted by Crippen LogP contribution is 2.33. The quantitative estimate of drug-likeness (QED) is 0.426. The first-order chi connectivity index (χ1) is 17.2. The van der Waals surface area contributed by atoms with Crippen molar-refractivity contribution in [2.45, 2.75) is 65.1 Å². The van der Waals surface area contributed by atoms with Crippen LogP contribution in [-0.2, 0) is 17.7 Å². The molecule has 7 nitrogen and oxygen atoms in total. The standard InChI is InChI=1S/C28H35FN4O3/c1-5-25-24(19-32(18-23-12-9-17-35-23)27(34)30-28(2,3)4)26(36-22-15-13-20(29)14-16-22)33(31-25)21-10-7-6-8-11-21/h6-8,10-11,13-16,23H,5,9,12,17-19H2,1-4H3,(H,30,34)/t23-/m0/s1. The Morgan fingerprint density at radius 1 is 1.19 bits per heavy atom. The number of amides is 2. The molecule has 8 heteroatoms. The number of benzene rings is 2. The minimum absolute atomic E-state index is 0.00794. The molecule has 2 amide bonds. The lowest BCUT2D eigenvalue weighted by Crippen LogP contribution is -2.50. The fourth-order valence-corrected chi connectivity index (χ4v) is 4.23. The number of rotatable bonds is 8. The summed E-state index contributed by atoms with van der Waals surface area (Å²) >= 11 is 0. The van der Waals surface area contributed by atoms with Crippen molar-refractivity contribution >= 4 is 6.03 Å². The molecule has 4 rings (SSSR count). The van der Waals surface area contributed by atoms with Gasteiger partial charge in [-0.05, 0) is 76.4 Å². The molecule has 0 aliphatic carbocycles. The molecule has 0 saturated carbocycles. The molecule has 2 heterocycles. The first-order valence-corrected chi connectivity index (χ1v) is 12.5. The van der Waals surface area contributed by atoms with Crippen LogP contribution in [0.2, 0.25) is 0 Å². The molecule has 1 aliphatic rings. The largest absolute Gasteiger partial charge is 0.439 e. The van der Waals surface area contributed by atoms with Gasteiger partial charge < -0.3 is 19.7 Å². The third-order valence-corrected chi connectivity index (χ3v) is 5.95. The van der Waals surface area contributed by atoms with Gasteiger partial charge in [0.1, 0.15) is 11.6 Å². The van der Waals surface area contributed by atoms with Crippen LogP contribution in [0.25, 0.3) is 5.69 Å². The predicted molar refractivity (Wildman–Crippen MR) is 137 cm³/mol. The van der Waals surface area contributed by atoms with Crippen molar-refractivity contribution in [3.63, 3.8) is 0 Å². The number of carbonyl (C=O) groups excluding carboxylic acids is 1. The van der Waals surface area contributed by atoms with Crippen LogP contribution in [0.15, 0.2) is 54.6 Å². The van der Waals surface area contributed by atoms with Crippen LogP contribution in [0.4, 0.5) is 9.18 Å². The third-order valence-electron chi connectivity index (χ3n) is 5.95. The molecule has 1 aliphatic heterocycles. The zero-order valence-corrected chi connectivity index (χ0v) is 21.5.